The van der Waals surface area contributed by atoms with Gasteiger partial charge in [-0.05, 0) is 79.1 Å². The van der Waals surface area contributed by atoms with Crippen LogP contribution in [0.5, 0.6) is 17.2 Å². The molecule has 4 aromatic rings. The molecule has 0 heterocycles. The summed E-state index contributed by atoms with van der Waals surface area (Å²) in [5.41, 5.74) is 2.89. The predicted octanol–water partition coefficient (Wildman–Crippen LogP) is 6.54. The fourth-order valence-corrected chi connectivity index (χ4v) is 3.40. The molecule has 0 fully saturated rings. The van der Waals surface area contributed by atoms with Crippen LogP contribution in [0.4, 0.5) is 11.4 Å². The Kier molecular flexibility index (Phi) is 8.17. The maximum Gasteiger partial charge on any atom is 0.243 e. The number of anilines is 2. The van der Waals surface area contributed by atoms with E-state index in [4.69, 9.17) is 9.47 Å². The molecule has 0 spiro atoms. The molecule has 0 aromatic heterocycles. The second kappa shape index (κ2) is 12.1. The first-order valence-electron chi connectivity index (χ1n) is 11.4. The number of hydrogen-bond acceptors (Lipinski definition) is 4. The standard InChI is InChI=1S/C29H28N2O3/c32-29(31-25-15-19-28(20-16-25)34-27-11-5-2-6-12-27)22-30-24-13-17-26(18-14-24)33-21-7-10-23-8-3-1-4-9-23/h1-6,8-9,11-20,30H,7,10,21-22H2,(H,31,32). The van der Waals surface area contributed by atoms with Crippen LogP contribution >= 0.6 is 0 Å². The molecular weight excluding hydrogens is 424 g/mol. The zero-order chi connectivity index (χ0) is 23.4. The van der Waals surface area contributed by atoms with Gasteiger partial charge in [0.1, 0.15) is 17.2 Å². The average Bonchev–Trinajstić information content (AvgIpc) is 2.88. The van der Waals surface area contributed by atoms with Crippen LogP contribution in [0.3, 0.4) is 0 Å². The Balaban J connectivity index is 1.16. The van der Waals surface area contributed by atoms with Crippen molar-refractivity contribution in [1.29, 1.82) is 0 Å². The van der Waals surface area contributed by atoms with Gasteiger partial charge in [0.25, 0.3) is 0 Å². The lowest BCUT2D eigenvalue weighted by Gasteiger charge is -2.10. The minimum atomic E-state index is -0.127. The van der Waals surface area contributed by atoms with Crippen LogP contribution < -0.4 is 20.1 Å². The summed E-state index contributed by atoms with van der Waals surface area (Å²) in [4.78, 5) is 12.3. The van der Waals surface area contributed by atoms with E-state index in [1.165, 1.54) is 5.56 Å². The number of hydrogen-bond donors (Lipinski definition) is 2. The highest BCUT2D eigenvalue weighted by Crippen LogP contribution is 2.22. The summed E-state index contributed by atoms with van der Waals surface area (Å²) in [6.07, 6.45) is 1.96. The Morgan fingerprint density at radius 2 is 1.24 bits per heavy atom. The van der Waals surface area contributed by atoms with E-state index < -0.39 is 0 Å². The van der Waals surface area contributed by atoms with E-state index in [2.05, 4.69) is 34.9 Å². The largest absolute Gasteiger partial charge is 0.494 e. The Bertz CT molecular complexity index is 1150. The lowest BCUT2D eigenvalue weighted by Crippen LogP contribution is -2.21. The van der Waals surface area contributed by atoms with Crippen molar-refractivity contribution in [2.24, 2.45) is 0 Å². The number of amides is 1. The molecule has 34 heavy (non-hydrogen) atoms. The third kappa shape index (κ3) is 7.41. The summed E-state index contributed by atoms with van der Waals surface area (Å²) >= 11 is 0. The first kappa shape index (κ1) is 22.9. The molecule has 0 saturated carbocycles. The van der Waals surface area contributed by atoms with E-state index in [0.29, 0.717) is 18.0 Å². The Morgan fingerprint density at radius 1 is 0.647 bits per heavy atom. The van der Waals surface area contributed by atoms with Gasteiger partial charge in [0.2, 0.25) is 5.91 Å². The lowest BCUT2D eigenvalue weighted by atomic mass is 10.1. The van der Waals surface area contributed by atoms with Crippen molar-refractivity contribution in [3.63, 3.8) is 0 Å². The molecule has 5 nitrogen and oxygen atoms in total. The Morgan fingerprint density at radius 3 is 1.94 bits per heavy atom. The average molecular weight is 453 g/mol. The van der Waals surface area contributed by atoms with Gasteiger partial charge in [-0.3, -0.25) is 4.79 Å². The van der Waals surface area contributed by atoms with Gasteiger partial charge < -0.3 is 20.1 Å². The van der Waals surface area contributed by atoms with Crippen LogP contribution in [0.15, 0.2) is 109 Å². The number of para-hydroxylation sites is 1. The van der Waals surface area contributed by atoms with Crippen LogP contribution in [-0.2, 0) is 11.2 Å². The molecule has 0 aliphatic heterocycles. The van der Waals surface area contributed by atoms with Crippen molar-refractivity contribution < 1.29 is 14.3 Å². The quantitative estimate of drug-likeness (QED) is 0.254. The van der Waals surface area contributed by atoms with E-state index in [-0.39, 0.29) is 12.5 Å². The van der Waals surface area contributed by atoms with Gasteiger partial charge in [-0.25, -0.2) is 0 Å². The van der Waals surface area contributed by atoms with Gasteiger partial charge in [-0.15, -0.1) is 0 Å². The summed E-state index contributed by atoms with van der Waals surface area (Å²) in [5, 5.41) is 6.01. The highest BCUT2D eigenvalue weighted by Gasteiger charge is 2.04. The van der Waals surface area contributed by atoms with Gasteiger partial charge in [0.05, 0.1) is 13.2 Å². The van der Waals surface area contributed by atoms with Crippen molar-refractivity contribution in [3.05, 3.63) is 115 Å². The number of carbonyl (C=O) groups excluding carboxylic acids is 1. The zero-order valence-electron chi connectivity index (χ0n) is 18.9. The molecule has 4 rings (SSSR count). The highest BCUT2D eigenvalue weighted by molar-refractivity contribution is 5.93. The topological polar surface area (TPSA) is 59.6 Å². The molecule has 0 radical (unpaired) electrons. The third-order valence-electron chi connectivity index (χ3n) is 5.15. The molecule has 1 amide bonds. The van der Waals surface area contributed by atoms with Crippen molar-refractivity contribution in [3.8, 4) is 17.2 Å². The van der Waals surface area contributed by atoms with E-state index in [9.17, 15) is 4.79 Å². The Hall–Kier alpha value is -4.25. The molecule has 0 saturated heterocycles. The van der Waals surface area contributed by atoms with Gasteiger partial charge in [0.15, 0.2) is 0 Å². The molecule has 172 valence electrons. The second-order valence-corrected chi connectivity index (χ2v) is 7.80. The lowest BCUT2D eigenvalue weighted by molar-refractivity contribution is -0.114. The first-order chi connectivity index (χ1) is 16.7. The van der Waals surface area contributed by atoms with Crippen LogP contribution in [-0.4, -0.2) is 19.1 Å². The van der Waals surface area contributed by atoms with Crippen LogP contribution in [0.1, 0.15) is 12.0 Å². The van der Waals surface area contributed by atoms with Crippen molar-refractivity contribution in [2.75, 3.05) is 23.8 Å². The number of benzene rings is 4. The van der Waals surface area contributed by atoms with Gasteiger partial charge in [-0.2, -0.15) is 0 Å². The highest BCUT2D eigenvalue weighted by atomic mass is 16.5. The van der Waals surface area contributed by atoms with Crippen molar-refractivity contribution in [2.45, 2.75) is 12.8 Å². The minimum absolute atomic E-state index is 0.127. The smallest absolute Gasteiger partial charge is 0.243 e. The molecular formula is C29H28N2O3. The molecule has 0 atom stereocenters. The molecule has 5 heteroatoms. The summed E-state index contributed by atoms with van der Waals surface area (Å²) in [7, 11) is 0. The van der Waals surface area contributed by atoms with Crippen LogP contribution in [0, 0.1) is 0 Å². The molecule has 0 bridgehead atoms. The number of ether oxygens (including phenoxy) is 2. The Labute approximate surface area is 200 Å². The normalized spacial score (nSPS) is 10.4. The molecule has 0 aliphatic rings. The summed E-state index contributed by atoms with van der Waals surface area (Å²) in [6.45, 7) is 0.832. The van der Waals surface area contributed by atoms with E-state index in [1.54, 1.807) is 0 Å². The van der Waals surface area contributed by atoms with E-state index in [0.717, 1.165) is 30.0 Å². The summed E-state index contributed by atoms with van der Waals surface area (Å²) < 4.78 is 11.6. The molecule has 4 aromatic carbocycles. The molecule has 0 unspecified atom stereocenters. The monoisotopic (exact) mass is 452 g/mol. The van der Waals surface area contributed by atoms with E-state index >= 15 is 0 Å². The summed E-state index contributed by atoms with van der Waals surface area (Å²) in [6, 6.07) is 34.9. The fraction of sp³-hybridized carbons (Fsp3) is 0.138. The number of nitrogens with one attached hydrogen (secondary N) is 2. The van der Waals surface area contributed by atoms with Crippen molar-refractivity contribution in [1.82, 2.24) is 0 Å². The molecule has 0 aliphatic carbocycles. The number of carbonyl (C=O) groups is 1. The predicted molar refractivity (Wildman–Crippen MR) is 137 cm³/mol. The molecule has 2 N–H and O–H groups in total. The second-order valence-electron chi connectivity index (χ2n) is 7.80. The first-order valence-corrected chi connectivity index (χ1v) is 11.4. The zero-order valence-corrected chi connectivity index (χ0v) is 18.9. The SMILES string of the molecule is O=C(CNc1ccc(OCCCc2ccccc2)cc1)Nc1ccc(Oc2ccccc2)cc1. The van der Waals surface area contributed by atoms with Crippen LogP contribution in [0.2, 0.25) is 0 Å². The number of aryl methyl sites for hydroxylation is 1. The van der Waals surface area contributed by atoms with E-state index in [1.807, 2.05) is 84.9 Å². The maximum atomic E-state index is 12.3. The fourth-order valence-electron chi connectivity index (χ4n) is 3.40. The van der Waals surface area contributed by atoms with Gasteiger partial charge in [-0.1, -0.05) is 48.5 Å². The minimum Gasteiger partial charge on any atom is -0.494 e. The van der Waals surface area contributed by atoms with Gasteiger partial charge in [0, 0.05) is 11.4 Å². The third-order valence-corrected chi connectivity index (χ3v) is 5.15. The number of rotatable bonds is 11. The van der Waals surface area contributed by atoms with Crippen molar-refractivity contribution >= 4 is 17.3 Å². The van der Waals surface area contributed by atoms with Crippen LogP contribution in [0.25, 0.3) is 0 Å². The van der Waals surface area contributed by atoms with Gasteiger partial charge >= 0.3 is 0 Å². The maximum absolute atomic E-state index is 12.3. The summed E-state index contributed by atoms with van der Waals surface area (Å²) in [5.74, 6) is 2.18.